The van der Waals surface area contributed by atoms with Crippen LogP contribution in [0.4, 0.5) is 0 Å². The standard InChI is InChI=1S/C12H13BrN2O/c1-6(2)11-14-10-7(3)9(13)5-4-8(10)12(16)15-11/h4-6H,1-3H3,(H,14,15,16). The van der Waals surface area contributed by atoms with Gasteiger partial charge >= 0.3 is 0 Å². The van der Waals surface area contributed by atoms with Gasteiger partial charge in [0.2, 0.25) is 0 Å². The number of nitrogens with zero attached hydrogens (tertiary/aromatic N) is 1. The van der Waals surface area contributed by atoms with E-state index in [4.69, 9.17) is 0 Å². The zero-order chi connectivity index (χ0) is 11.9. The lowest BCUT2D eigenvalue weighted by atomic mass is 10.1. The van der Waals surface area contributed by atoms with Crippen LogP contribution in [0.5, 0.6) is 0 Å². The Bertz CT molecular complexity index is 602. The van der Waals surface area contributed by atoms with Gasteiger partial charge in [0.1, 0.15) is 5.82 Å². The molecular formula is C12H13BrN2O. The van der Waals surface area contributed by atoms with Crippen molar-refractivity contribution in [2.24, 2.45) is 0 Å². The fourth-order valence-electron chi connectivity index (χ4n) is 1.61. The lowest BCUT2D eigenvalue weighted by molar-refractivity contribution is 0.776. The molecule has 0 aliphatic rings. The third-order valence-corrected chi connectivity index (χ3v) is 3.49. The molecule has 0 aliphatic heterocycles. The Morgan fingerprint density at radius 1 is 1.38 bits per heavy atom. The lowest BCUT2D eigenvalue weighted by Crippen LogP contribution is -2.13. The minimum atomic E-state index is -0.0655. The van der Waals surface area contributed by atoms with Gasteiger partial charge < -0.3 is 4.98 Å². The predicted molar refractivity (Wildman–Crippen MR) is 68.9 cm³/mol. The summed E-state index contributed by atoms with van der Waals surface area (Å²) in [4.78, 5) is 19.2. The molecule has 3 nitrogen and oxygen atoms in total. The fourth-order valence-corrected chi connectivity index (χ4v) is 1.93. The second kappa shape index (κ2) is 4.01. The Kier molecular flexibility index (Phi) is 2.84. The second-order valence-electron chi connectivity index (χ2n) is 4.17. The van der Waals surface area contributed by atoms with Crippen molar-refractivity contribution in [1.82, 2.24) is 9.97 Å². The van der Waals surface area contributed by atoms with Crippen LogP contribution in [0, 0.1) is 6.92 Å². The number of nitrogens with one attached hydrogen (secondary N) is 1. The Balaban J connectivity index is 2.89. The predicted octanol–water partition coefficient (Wildman–Crippen LogP) is 3.12. The lowest BCUT2D eigenvalue weighted by Gasteiger charge is -2.08. The van der Waals surface area contributed by atoms with E-state index in [1.807, 2.05) is 26.8 Å². The van der Waals surface area contributed by atoms with E-state index in [0.29, 0.717) is 5.39 Å². The van der Waals surface area contributed by atoms with Crippen LogP contribution in [-0.4, -0.2) is 9.97 Å². The molecule has 2 aromatic rings. The fraction of sp³-hybridized carbons (Fsp3) is 0.333. The molecule has 1 N–H and O–H groups in total. The van der Waals surface area contributed by atoms with Crippen molar-refractivity contribution in [3.05, 3.63) is 38.3 Å². The van der Waals surface area contributed by atoms with E-state index in [9.17, 15) is 4.79 Å². The maximum Gasteiger partial charge on any atom is 0.258 e. The molecule has 1 heterocycles. The first-order valence-corrected chi connectivity index (χ1v) is 5.99. The van der Waals surface area contributed by atoms with Crippen LogP contribution in [0.25, 0.3) is 10.9 Å². The second-order valence-corrected chi connectivity index (χ2v) is 5.03. The summed E-state index contributed by atoms with van der Waals surface area (Å²) in [6.07, 6.45) is 0. The molecule has 0 unspecified atom stereocenters. The third-order valence-electron chi connectivity index (χ3n) is 2.63. The van der Waals surface area contributed by atoms with Gasteiger partial charge in [0, 0.05) is 10.4 Å². The van der Waals surface area contributed by atoms with Crippen LogP contribution < -0.4 is 5.56 Å². The molecule has 16 heavy (non-hydrogen) atoms. The first-order chi connectivity index (χ1) is 7.50. The highest BCUT2D eigenvalue weighted by molar-refractivity contribution is 9.10. The first-order valence-electron chi connectivity index (χ1n) is 5.19. The topological polar surface area (TPSA) is 45.8 Å². The van der Waals surface area contributed by atoms with E-state index in [2.05, 4.69) is 25.9 Å². The summed E-state index contributed by atoms with van der Waals surface area (Å²) in [5, 5.41) is 0.644. The Morgan fingerprint density at radius 2 is 2.06 bits per heavy atom. The number of fused-ring (bicyclic) bond motifs is 1. The van der Waals surface area contributed by atoms with Gasteiger partial charge in [-0.3, -0.25) is 4.79 Å². The minimum absolute atomic E-state index is 0.0655. The third kappa shape index (κ3) is 1.78. The Hall–Kier alpha value is -1.16. The molecule has 84 valence electrons. The van der Waals surface area contributed by atoms with Crippen LogP contribution in [0.1, 0.15) is 31.2 Å². The summed E-state index contributed by atoms with van der Waals surface area (Å²) < 4.78 is 0.979. The van der Waals surface area contributed by atoms with Gasteiger partial charge in [-0.25, -0.2) is 4.98 Å². The quantitative estimate of drug-likeness (QED) is 0.873. The van der Waals surface area contributed by atoms with E-state index >= 15 is 0 Å². The summed E-state index contributed by atoms with van der Waals surface area (Å²) in [6, 6.07) is 3.67. The average molecular weight is 281 g/mol. The van der Waals surface area contributed by atoms with E-state index in [1.54, 1.807) is 6.07 Å². The Morgan fingerprint density at radius 3 is 2.69 bits per heavy atom. The van der Waals surface area contributed by atoms with Crippen molar-refractivity contribution in [3.8, 4) is 0 Å². The van der Waals surface area contributed by atoms with Gasteiger partial charge in [-0.05, 0) is 24.6 Å². The SMILES string of the molecule is Cc1c(Br)ccc2c(=O)[nH]c(C(C)C)nc12. The molecular weight excluding hydrogens is 268 g/mol. The molecule has 0 spiro atoms. The zero-order valence-corrected chi connectivity index (χ0v) is 11.1. The van der Waals surface area contributed by atoms with Gasteiger partial charge in [-0.2, -0.15) is 0 Å². The number of aromatic nitrogens is 2. The highest BCUT2D eigenvalue weighted by Crippen LogP contribution is 2.23. The van der Waals surface area contributed by atoms with Crippen LogP contribution >= 0.6 is 15.9 Å². The molecule has 2 rings (SSSR count). The number of aromatic amines is 1. The van der Waals surface area contributed by atoms with Crippen molar-refractivity contribution >= 4 is 26.8 Å². The van der Waals surface area contributed by atoms with Crippen LogP contribution in [0.3, 0.4) is 0 Å². The van der Waals surface area contributed by atoms with Crippen molar-refractivity contribution < 1.29 is 0 Å². The smallest absolute Gasteiger partial charge is 0.258 e. The van der Waals surface area contributed by atoms with E-state index in [-0.39, 0.29) is 11.5 Å². The summed E-state index contributed by atoms with van der Waals surface area (Å²) in [5.41, 5.74) is 1.72. The number of rotatable bonds is 1. The van der Waals surface area contributed by atoms with Gasteiger partial charge in [0.15, 0.2) is 0 Å². The molecule has 0 atom stereocenters. The number of hydrogen-bond donors (Lipinski definition) is 1. The minimum Gasteiger partial charge on any atom is -0.310 e. The van der Waals surface area contributed by atoms with Crippen molar-refractivity contribution in [1.29, 1.82) is 0 Å². The summed E-state index contributed by atoms with van der Waals surface area (Å²) in [5.74, 6) is 0.953. The monoisotopic (exact) mass is 280 g/mol. The highest BCUT2D eigenvalue weighted by Gasteiger charge is 2.09. The van der Waals surface area contributed by atoms with Crippen molar-refractivity contribution in [3.63, 3.8) is 0 Å². The van der Waals surface area contributed by atoms with Crippen LogP contribution in [0.2, 0.25) is 0 Å². The van der Waals surface area contributed by atoms with Crippen molar-refractivity contribution in [2.45, 2.75) is 26.7 Å². The normalized spacial score (nSPS) is 11.3. The molecule has 4 heteroatoms. The maximum absolute atomic E-state index is 11.9. The van der Waals surface area contributed by atoms with Gasteiger partial charge in [-0.15, -0.1) is 0 Å². The largest absolute Gasteiger partial charge is 0.310 e. The molecule has 0 saturated heterocycles. The number of benzene rings is 1. The molecule has 1 aromatic heterocycles. The highest BCUT2D eigenvalue weighted by atomic mass is 79.9. The molecule has 0 fully saturated rings. The van der Waals surface area contributed by atoms with E-state index in [1.165, 1.54) is 0 Å². The van der Waals surface area contributed by atoms with Gasteiger partial charge in [0.05, 0.1) is 10.9 Å². The first kappa shape index (κ1) is 11.3. The van der Waals surface area contributed by atoms with E-state index < -0.39 is 0 Å². The number of aryl methyl sites for hydroxylation is 1. The molecule has 0 aliphatic carbocycles. The molecule has 0 bridgehead atoms. The zero-order valence-electron chi connectivity index (χ0n) is 9.47. The molecule has 0 amide bonds. The summed E-state index contributed by atoms with van der Waals surface area (Å²) >= 11 is 3.45. The maximum atomic E-state index is 11.9. The van der Waals surface area contributed by atoms with Crippen LogP contribution in [0.15, 0.2) is 21.4 Å². The summed E-state index contributed by atoms with van der Waals surface area (Å²) in [7, 11) is 0. The number of hydrogen-bond acceptors (Lipinski definition) is 2. The molecule has 1 aromatic carbocycles. The van der Waals surface area contributed by atoms with Crippen molar-refractivity contribution in [2.75, 3.05) is 0 Å². The number of H-pyrrole nitrogens is 1. The average Bonchev–Trinajstić information content (AvgIpc) is 2.23. The molecule has 0 saturated carbocycles. The summed E-state index contributed by atoms with van der Waals surface area (Å²) in [6.45, 7) is 5.98. The van der Waals surface area contributed by atoms with E-state index in [0.717, 1.165) is 21.4 Å². The van der Waals surface area contributed by atoms with Gasteiger partial charge in [0.25, 0.3) is 5.56 Å². The van der Waals surface area contributed by atoms with Gasteiger partial charge in [-0.1, -0.05) is 29.8 Å². The number of halogens is 1. The molecule has 0 radical (unpaired) electrons. The Labute approximate surface area is 102 Å². The van der Waals surface area contributed by atoms with Crippen LogP contribution in [-0.2, 0) is 0 Å².